The molecule has 1 aromatic carbocycles. The maximum atomic E-state index is 12.3. The second-order valence-electron chi connectivity index (χ2n) is 7.11. The molecular weight excluding hydrogens is 374 g/mol. The van der Waals surface area contributed by atoms with E-state index in [4.69, 9.17) is 4.74 Å². The summed E-state index contributed by atoms with van der Waals surface area (Å²) in [6.07, 6.45) is 2.35. The smallest absolute Gasteiger partial charge is 0.306 e. The zero-order valence-electron chi connectivity index (χ0n) is 16.3. The number of rotatable bonds is 7. The molecule has 2 aromatic rings. The van der Waals surface area contributed by atoms with Crippen LogP contribution in [0.3, 0.4) is 0 Å². The minimum Gasteiger partial charge on any atom is -0.461 e. The van der Waals surface area contributed by atoms with Crippen LogP contribution in [0.15, 0.2) is 30.3 Å². The number of carbonyl (C=O) groups excluding carboxylic acids is 3. The van der Waals surface area contributed by atoms with Crippen molar-refractivity contribution in [2.75, 3.05) is 13.1 Å². The Hall–Kier alpha value is -2.47. The summed E-state index contributed by atoms with van der Waals surface area (Å²) in [6, 6.07) is 9.03. The molecule has 6 heteroatoms. The number of carbonyl (C=O) groups is 3. The molecule has 0 aliphatic carbocycles. The summed E-state index contributed by atoms with van der Waals surface area (Å²) < 4.78 is 5.27. The average molecular weight is 400 g/mol. The molecule has 0 radical (unpaired) electrons. The third kappa shape index (κ3) is 5.07. The van der Waals surface area contributed by atoms with Gasteiger partial charge in [0.1, 0.15) is 6.61 Å². The highest BCUT2D eigenvalue weighted by Gasteiger charge is 2.19. The molecule has 1 fully saturated rings. The fourth-order valence-electron chi connectivity index (χ4n) is 3.34. The van der Waals surface area contributed by atoms with E-state index in [-0.39, 0.29) is 31.1 Å². The standard InChI is InChI=1S/C22H25NO4S/c1-15-13-19(16(2)28-15)20(24)9-10-21(25)27-14-17-5-7-18(8-6-17)22(26)23-11-3-4-12-23/h5-8,13H,3-4,9-12,14H2,1-2H3. The van der Waals surface area contributed by atoms with Gasteiger partial charge in [-0.05, 0) is 50.5 Å². The number of ether oxygens (including phenoxy) is 1. The first-order valence-corrected chi connectivity index (χ1v) is 10.4. The van der Waals surface area contributed by atoms with Crippen LogP contribution in [-0.2, 0) is 16.1 Å². The fourth-order valence-corrected chi connectivity index (χ4v) is 4.28. The van der Waals surface area contributed by atoms with Crippen LogP contribution >= 0.6 is 11.3 Å². The number of aryl methyl sites for hydroxylation is 2. The van der Waals surface area contributed by atoms with Gasteiger partial charge in [0.2, 0.25) is 0 Å². The predicted molar refractivity (Wildman–Crippen MR) is 109 cm³/mol. The SMILES string of the molecule is Cc1cc(C(=O)CCC(=O)OCc2ccc(C(=O)N3CCCC3)cc2)c(C)s1. The second-order valence-corrected chi connectivity index (χ2v) is 8.57. The van der Waals surface area contributed by atoms with Gasteiger partial charge in [-0.2, -0.15) is 0 Å². The van der Waals surface area contributed by atoms with Crippen molar-refractivity contribution in [2.45, 2.75) is 46.1 Å². The van der Waals surface area contributed by atoms with E-state index in [9.17, 15) is 14.4 Å². The zero-order chi connectivity index (χ0) is 20.1. The van der Waals surface area contributed by atoms with Crippen LogP contribution in [0.1, 0.15) is 61.7 Å². The van der Waals surface area contributed by atoms with Gasteiger partial charge in [0.15, 0.2) is 5.78 Å². The van der Waals surface area contributed by atoms with Crippen LogP contribution in [0.25, 0.3) is 0 Å². The molecule has 148 valence electrons. The van der Waals surface area contributed by atoms with Gasteiger partial charge in [0, 0.05) is 40.4 Å². The molecular formula is C22H25NO4S. The molecule has 1 aliphatic rings. The quantitative estimate of drug-likeness (QED) is 0.514. The summed E-state index contributed by atoms with van der Waals surface area (Å²) in [7, 11) is 0. The number of ketones is 1. The largest absolute Gasteiger partial charge is 0.461 e. The Morgan fingerprint density at radius 3 is 2.32 bits per heavy atom. The summed E-state index contributed by atoms with van der Waals surface area (Å²) in [5.74, 6) is -0.364. The number of likely N-dealkylation sites (tertiary alicyclic amines) is 1. The molecule has 0 spiro atoms. The maximum Gasteiger partial charge on any atom is 0.306 e. The van der Waals surface area contributed by atoms with Crippen LogP contribution in [-0.4, -0.2) is 35.6 Å². The Kier molecular flexibility index (Phi) is 6.62. The van der Waals surface area contributed by atoms with E-state index in [1.807, 2.05) is 24.8 Å². The Bertz CT molecular complexity index is 863. The predicted octanol–water partition coefficient (Wildman–Crippen LogP) is 4.31. The number of hydrogen-bond acceptors (Lipinski definition) is 5. The summed E-state index contributed by atoms with van der Waals surface area (Å²) in [4.78, 5) is 40.5. The molecule has 28 heavy (non-hydrogen) atoms. The number of thiophene rings is 1. The lowest BCUT2D eigenvalue weighted by molar-refractivity contribution is -0.144. The van der Waals surface area contributed by atoms with Gasteiger partial charge in [-0.3, -0.25) is 14.4 Å². The van der Waals surface area contributed by atoms with E-state index in [1.54, 1.807) is 35.6 Å². The van der Waals surface area contributed by atoms with Crippen molar-refractivity contribution in [2.24, 2.45) is 0 Å². The van der Waals surface area contributed by atoms with Crippen molar-refractivity contribution in [3.05, 3.63) is 56.8 Å². The molecule has 1 amide bonds. The lowest BCUT2D eigenvalue weighted by Crippen LogP contribution is -2.27. The van der Waals surface area contributed by atoms with Crippen LogP contribution in [0.5, 0.6) is 0 Å². The van der Waals surface area contributed by atoms with Gasteiger partial charge in [-0.25, -0.2) is 0 Å². The highest BCUT2D eigenvalue weighted by molar-refractivity contribution is 7.12. The minimum atomic E-state index is -0.393. The van der Waals surface area contributed by atoms with E-state index in [0.717, 1.165) is 41.2 Å². The molecule has 1 aromatic heterocycles. The van der Waals surface area contributed by atoms with Gasteiger partial charge in [-0.1, -0.05) is 12.1 Å². The van der Waals surface area contributed by atoms with E-state index in [2.05, 4.69) is 0 Å². The van der Waals surface area contributed by atoms with E-state index < -0.39 is 5.97 Å². The maximum absolute atomic E-state index is 12.3. The number of benzene rings is 1. The Labute approximate surface area is 169 Å². The third-order valence-electron chi connectivity index (χ3n) is 4.89. The highest BCUT2D eigenvalue weighted by Crippen LogP contribution is 2.22. The molecule has 0 saturated carbocycles. The van der Waals surface area contributed by atoms with Gasteiger partial charge < -0.3 is 9.64 Å². The number of esters is 1. The molecule has 1 saturated heterocycles. The summed E-state index contributed by atoms with van der Waals surface area (Å²) in [5, 5.41) is 0. The summed E-state index contributed by atoms with van der Waals surface area (Å²) in [6.45, 7) is 5.67. The number of Topliss-reactive ketones (excluding diaryl/α,β-unsaturated/α-hetero) is 1. The number of nitrogens with zero attached hydrogens (tertiary/aromatic N) is 1. The highest BCUT2D eigenvalue weighted by atomic mass is 32.1. The summed E-state index contributed by atoms with van der Waals surface area (Å²) >= 11 is 1.59. The van der Waals surface area contributed by atoms with Crippen molar-refractivity contribution < 1.29 is 19.1 Å². The van der Waals surface area contributed by atoms with Gasteiger partial charge in [-0.15, -0.1) is 11.3 Å². The van der Waals surface area contributed by atoms with Crippen LogP contribution in [0.4, 0.5) is 0 Å². The van der Waals surface area contributed by atoms with Crippen LogP contribution < -0.4 is 0 Å². The monoisotopic (exact) mass is 399 g/mol. The number of hydrogen-bond donors (Lipinski definition) is 0. The van der Waals surface area contributed by atoms with Gasteiger partial charge in [0.05, 0.1) is 6.42 Å². The van der Waals surface area contributed by atoms with Crippen molar-refractivity contribution in [1.29, 1.82) is 0 Å². The molecule has 2 heterocycles. The Morgan fingerprint density at radius 1 is 1.04 bits per heavy atom. The molecule has 5 nitrogen and oxygen atoms in total. The van der Waals surface area contributed by atoms with Crippen molar-refractivity contribution in [3.8, 4) is 0 Å². The van der Waals surface area contributed by atoms with E-state index in [1.165, 1.54) is 0 Å². The van der Waals surface area contributed by atoms with Crippen LogP contribution in [0.2, 0.25) is 0 Å². The van der Waals surface area contributed by atoms with Crippen LogP contribution in [0, 0.1) is 13.8 Å². The topological polar surface area (TPSA) is 63.7 Å². The first-order chi connectivity index (χ1) is 13.4. The normalized spacial score (nSPS) is 13.6. The average Bonchev–Trinajstić information content (AvgIpc) is 3.34. The molecule has 0 N–H and O–H groups in total. The molecule has 0 bridgehead atoms. The summed E-state index contributed by atoms with van der Waals surface area (Å²) in [5.41, 5.74) is 2.18. The minimum absolute atomic E-state index is 0.0245. The zero-order valence-corrected chi connectivity index (χ0v) is 17.1. The van der Waals surface area contributed by atoms with Crippen molar-refractivity contribution >= 4 is 29.0 Å². The molecule has 1 aliphatic heterocycles. The first kappa shape index (κ1) is 20.3. The molecule has 0 atom stereocenters. The fraction of sp³-hybridized carbons (Fsp3) is 0.409. The first-order valence-electron chi connectivity index (χ1n) is 9.58. The molecule has 0 unspecified atom stereocenters. The number of amides is 1. The molecule has 3 rings (SSSR count). The Balaban J connectivity index is 1.44. The van der Waals surface area contributed by atoms with E-state index in [0.29, 0.717) is 11.1 Å². The van der Waals surface area contributed by atoms with E-state index >= 15 is 0 Å². The Morgan fingerprint density at radius 2 is 1.71 bits per heavy atom. The second kappa shape index (κ2) is 9.15. The van der Waals surface area contributed by atoms with Gasteiger partial charge in [0.25, 0.3) is 5.91 Å². The van der Waals surface area contributed by atoms with Crippen molar-refractivity contribution in [1.82, 2.24) is 4.90 Å². The van der Waals surface area contributed by atoms with Gasteiger partial charge >= 0.3 is 5.97 Å². The lowest BCUT2D eigenvalue weighted by atomic mass is 10.1. The lowest BCUT2D eigenvalue weighted by Gasteiger charge is -2.15. The third-order valence-corrected chi connectivity index (χ3v) is 5.86. The van der Waals surface area contributed by atoms with Crippen molar-refractivity contribution in [3.63, 3.8) is 0 Å².